The molecule has 0 unspecified atom stereocenters. The van der Waals surface area contributed by atoms with Crippen LogP contribution in [0.25, 0.3) is 0 Å². The second-order valence-corrected chi connectivity index (χ2v) is 7.35. The molecule has 4 nitrogen and oxygen atoms in total. The molecule has 1 aliphatic heterocycles. The van der Waals surface area contributed by atoms with Crippen LogP contribution < -0.4 is 0 Å². The van der Waals surface area contributed by atoms with Gasteiger partial charge in [-0.15, -0.1) is 0 Å². The zero-order valence-electron chi connectivity index (χ0n) is 10.5. The summed E-state index contributed by atoms with van der Waals surface area (Å²) in [5, 5.41) is 0.825. The van der Waals surface area contributed by atoms with E-state index >= 15 is 0 Å². The van der Waals surface area contributed by atoms with Crippen molar-refractivity contribution in [2.45, 2.75) is 19.0 Å². The highest BCUT2D eigenvalue weighted by molar-refractivity contribution is 9.09. The summed E-state index contributed by atoms with van der Waals surface area (Å²) in [7, 11) is -3.55. The maximum atomic E-state index is 12.0. The van der Waals surface area contributed by atoms with Gasteiger partial charge in [-0.1, -0.05) is 15.9 Å². The van der Waals surface area contributed by atoms with Gasteiger partial charge in [0.15, 0.2) is 0 Å². The van der Waals surface area contributed by atoms with E-state index in [-0.39, 0.29) is 6.42 Å². The summed E-state index contributed by atoms with van der Waals surface area (Å²) in [6.07, 6.45) is -5.70. The first-order chi connectivity index (χ1) is 8.74. The second-order valence-electron chi connectivity index (χ2n) is 4.46. The van der Waals surface area contributed by atoms with Gasteiger partial charge in [0, 0.05) is 44.5 Å². The standard InChI is InChI=1S/C10H18BrF3N2O2S/c11-3-4-15-5-7-16(8-6-15)19(17,18)9-1-2-10(12,13)14/h1-9H2. The maximum absolute atomic E-state index is 12.0. The van der Waals surface area contributed by atoms with Crippen LogP contribution in [-0.2, 0) is 10.0 Å². The van der Waals surface area contributed by atoms with Crippen molar-refractivity contribution in [1.82, 2.24) is 9.21 Å². The van der Waals surface area contributed by atoms with Gasteiger partial charge in [0.05, 0.1) is 5.75 Å². The van der Waals surface area contributed by atoms with Gasteiger partial charge in [-0.25, -0.2) is 8.42 Å². The van der Waals surface area contributed by atoms with E-state index in [2.05, 4.69) is 20.8 Å². The number of alkyl halides is 4. The predicted molar refractivity (Wildman–Crippen MR) is 70.9 cm³/mol. The zero-order valence-corrected chi connectivity index (χ0v) is 12.9. The summed E-state index contributed by atoms with van der Waals surface area (Å²) in [5.74, 6) is -0.426. The van der Waals surface area contributed by atoms with E-state index < -0.39 is 28.4 Å². The molecule has 0 aromatic carbocycles. The third kappa shape index (κ3) is 6.42. The number of rotatable bonds is 6. The Morgan fingerprint density at radius 2 is 1.68 bits per heavy atom. The quantitative estimate of drug-likeness (QED) is 0.671. The molecule has 0 amide bonds. The molecule has 0 atom stereocenters. The molecule has 0 aliphatic carbocycles. The SMILES string of the molecule is O=S(=O)(CCCC(F)(F)F)N1CCN(CCBr)CC1. The Bertz CT molecular complexity index is 367. The first kappa shape index (κ1) is 17.2. The molecule has 0 saturated carbocycles. The van der Waals surface area contributed by atoms with Crippen molar-refractivity contribution in [1.29, 1.82) is 0 Å². The van der Waals surface area contributed by atoms with Crippen molar-refractivity contribution in [3.05, 3.63) is 0 Å². The van der Waals surface area contributed by atoms with Gasteiger partial charge in [-0.3, -0.25) is 4.90 Å². The molecular formula is C10H18BrF3N2O2S. The minimum absolute atomic E-state index is 0.362. The van der Waals surface area contributed by atoms with Gasteiger partial charge in [-0.2, -0.15) is 17.5 Å². The van der Waals surface area contributed by atoms with Crippen LogP contribution in [0.5, 0.6) is 0 Å². The van der Waals surface area contributed by atoms with E-state index in [9.17, 15) is 21.6 Å². The van der Waals surface area contributed by atoms with E-state index in [1.807, 2.05) is 0 Å². The topological polar surface area (TPSA) is 40.6 Å². The van der Waals surface area contributed by atoms with Crippen LogP contribution in [0.15, 0.2) is 0 Å². The minimum Gasteiger partial charge on any atom is -0.300 e. The summed E-state index contributed by atoms with van der Waals surface area (Å²) in [6.45, 7) is 2.83. The molecule has 0 aromatic rings. The molecule has 1 fully saturated rings. The second kappa shape index (κ2) is 7.24. The van der Waals surface area contributed by atoms with Crippen molar-refractivity contribution in [2.75, 3.05) is 43.8 Å². The number of halogens is 4. The van der Waals surface area contributed by atoms with Crippen LogP contribution in [0.3, 0.4) is 0 Å². The first-order valence-corrected chi connectivity index (χ1v) is 8.80. The monoisotopic (exact) mass is 366 g/mol. The lowest BCUT2D eigenvalue weighted by atomic mass is 10.3. The number of piperazine rings is 1. The lowest BCUT2D eigenvalue weighted by molar-refractivity contribution is -0.134. The Morgan fingerprint density at radius 1 is 1.11 bits per heavy atom. The molecule has 19 heavy (non-hydrogen) atoms. The van der Waals surface area contributed by atoms with E-state index in [4.69, 9.17) is 0 Å². The molecule has 1 saturated heterocycles. The van der Waals surface area contributed by atoms with Crippen molar-refractivity contribution in [2.24, 2.45) is 0 Å². The predicted octanol–water partition coefficient (Wildman–Crippen LogP) is 1.67. The summed E-state index contributed by atoms with van der Waals surface area (Å²) in [4.78, 5) is 2.12. The average molecular weight is 367 g/mol. The molecule has 0 radical (unpaired) electrons. The van der Waals surface area contributed by atoms with Crippen molar-refractivity contribution >= 4 is 26.0 Å². The smallest absolute Gasteiger partial charge is 0.300 e. The molecule has 0 aromatic heterocycles. The highest BCUT2D eigenvalue weighted by Crippen LogP contribution is 2.22. The van der Waals surface area contributed by atoms with E-state index in [0.717, 1.165) is 11.9 Å². The average Bonchev–Trinajstić information content (AvgIpc) is 2.28. The van der Waals surface area contributed by atoms with Gasteiger partial charge >= 0.3 is 6.18 Å². The Kier molecular flexibility index (Phi) is 6.55. The van der Waals surface area contributed by atoms with Crippen LogP contribution in [0.4, 0.5) is 13.2 Å². The molecule has 0 spiro atoms. The van der Waals surface area contributed by atoms with E-state index in [1.165, 1.54) is 4.31 Å². The number of hydrogen-bond acceptors (Lipinski definition) is 3. The highest BCUT2D eigenvalue weighted by atomic mass is 79.9. The van der Waals surface area contributed by atoms with Crippen molar-refractivity contribution in [3.63, 3.8) is 0 Å². The largest absolute Gasteiger partial charge is 0.389 e. The lowest BCUT2D eigenvalue weighted by Crippen LogP contribution is -2.49. The van der Waals surface area contributed by atoms with Gasteiger partial charge in [0.1, 0.15) is 0 Å². The minimum atomic E-state index is -4.29. The molecular weight excluding hydrogens is 349 g/mol. The van der Waals surface area contributed by atoms with Crippen molar-refractivity contribution in [3.8, 4) is 0 Å². The third-order valence-electron chi connectivity index (χ3n) is 2.99. The van der Waals surface area contributed by atoms with Crippen LogP contribution in [-0.4, -0.2) is 67.6 Å². The van der Waals surface area contributed by atoms with Gasteiger partial charge < -0.3 is 0 Å². The Balaban J connectivity index is 2.38. The fourth-order valence-electron chi connectivity index (χ4n) is 1.93. The fraction of sp³-hybridized carbons (Fsp3) is 1.00. The van der Waals surface area contributed by atoms with Crippen LogP contribution >= 0.6 is 15.9 Å². The normalized spacial score (nSPS) is 19.8. The molecule has 114 valence electrons. The molecule has 1 heterocycles. The van der Waals surface area contributed by atoms with Gasteiger partial charge in [0.2, 0.25) is 10.0 Å². The Morgan fingerprint density at radius 3 is 2.16 bits per heavy atom. The number of hydrogen-bond donors (Lipinski definition) is 0. The summed E-state index contributed by atoms with van der Waals surface area (Å²) < 4.78 is 61.0. The fourth-order valence-corrected chi connectivity index (χ4v) is 3.92. The zero-order chi connectivity index (χ0) is 14.5. The van der Waals surface area contributed by atoms with Crippen molar-refractivity contribution < 1.29 is 21.6 Å². The van der Waals surface area contributed by atoms with Gasteiger partial charge in [0.25, 0.3) is 0 Å². The number of nitrogens with zero attached hydrogens (tertiary/aromatic N) is 2. The van der Waals surface area contributed by atoms with E-state index in [1.54, 1.807) is 0 Å². The summed E-state index contributed by atoms with van der Waals surface area (Å²) in [5.41, 5.74) is 0. The molecule has 1 aliphatic rings. The Hall–Kier alpha value is 0.140. The van der Waals surface area contributed by atoms with Gasteiger partial charge in [-0.05, 0) is 6.42 Å². The molecule has 9 heteroatoms. The maximum Gasteiger partial charge on any atom is 0.389 e. The molecule has 0 N–H and O–H groups in total. The Labute approximate surface area is 120 Å². The number of sulfonamides is 1. The summed E-state index contributed by atoms with van der Waals surface area (Å²) >= 11 is 3.31. The summed E-state index contributed by atoms with van der Waals surface area (Å²) in [6, 6.07) is 0. The molecule has 0 bridgehead atoms. The van der Waals surface area contributed by atoms with Crippen LogP contribution in [0.2, 0.25) is 0 Å². The van der Waals surface area contributed by atoms with E-state index in [0.29, 0.717) is 26.2 Å². The van der Waals surface area contributed by atoms with Crippen LogP contribution in [0.1, 0.15) is 12.8 Å². The molecule has 1 rings (SSSR count). The highest BCUT2D eigenvalue weighted by Gasteiger charge is 2.30. The third-order valence-corrected chi connectivity index (χ3v) is 5.30. The first-order valence-electron chi connectivity index (χ1n) is 6.07. The lowest BCUT2D eigenvalue weighted by Gasteiger charge is -2.33. The van der Waals surface area contributed by atoms with Crippen LogP contribution in [0, 0.1) is 0 Å².